The van der Waals surface area contributed by atoms with Gasteiger partial charge in [-0.05, 0) is 37.3 Å². The van der Waals surface area contributed by atoms with Gasteiger partial charge in [-0.1, -0.05) is 18.2 Å². The number of amides is 1. The van der Waals surface area contributed by atoms with E-state index in [1.807, 2.05) is 49.0 Å². The predicted octanol–water partition coefficient (Wildman–Crippen LogP) is 3.65. The van der Waals surface area contributed by atoms with Crippen molar-refractivity contribution in [2.75, 3.05) is 26.9 Å². The Bertz CT molecular complexity index is 1190. The molecule has 1 amide bonds. The van der Waals surface area contributed by atoms with Gasteiger partial charge in [0.25, 0.3) is 11.7 Å². The minimum absolute atomic E-state index is 0.0756. The summed E-state index contributed by atoms with van der Waals surface area (Å²) in [6.45, 7) is 2.92. The number of nitrogens with zero attached hydrogens (tertiary/aromatic N) is 2. The first-order valence-corrected chi connectivity index (χ1v) is 10.5. The molecule has 1 aliphatic rings. The molecule has 0 spiro atoms. The minimum atomic E-state index is -0.720. The van der Waals surface area contributed by atoms with E-state index < -0.39 is 17.7 Å². The van der Waals surface area contributed by atoms with Gasteiger partial charge in [-0.25, -0.2) is 0 Å². The number of Topliss-reactive ketones (excluding diaryl/α,β-unsaturated/α-hetero) is 1. The van der Waals surface area contributed by atoms with E-state index in [2.05, 4.69) is 0 Å². The number of rotatable bonds is 7. The summed E-state index contributed by atoms with van der Waals surface area (Å²) in [4.78, 5) is 27.6. The molecular weight excluding hydrogens is 408 g/mol. The van der Waals surface area contributed by atoms with Crippen molar-refractivity contribution in [1.29, 1.82) is 0 Å². The molecule has 4 rings (SSSR count). The van der Waals surface area contributed by atoms with Crippen LogP contribution >= 0.6 is 0 Å². The zero-order valence-corrected chi connectivity index (χ0v) is 18.4. The molecule has 1 saturated heterocycles. The molecule has 1 fully saturated rings. The Morgan fingerprint density at radius 2 is 1.81 bits per heavy atom. The van der Waals surface area contributed by atoms with Gasteiger partial charge in [0, 0.05) is 48.9 Å². The molecule has 2 aromatic carbocycles. The Morgan fingerprint density at radius 3 is 2.50 bits per heavy atom. The summed E-state index contributed by atoms with van der Waals surface area (Å²) in [5.41, 5.74) is 2.28. The van der Waals surface area contributed by atoms with Gasteiger partial charge >= 0.3 is 0 Å². The maximum atomic E-state index is 13.1. The molecule has 7 nitrogen and oxygen atoms in total. The smallest absolute Gasteiger partial charge is 0.295 e. The number of aromatic nitrogens is 1. The van der Waals surface area contributed by atoms with E-state index in [9.17, 15) is 14.7 Å². The summed E-state index contributed by atoms with van der Waals surface area (Å²) in [6, 6.07) is 13.9. The zero-order valence-electron chi connectivity index (χ0n) is 18.4. The van der Waals surface area contributed by atoms with Crippen molar-refractivity contribution in [3.05, 3.63) is 71.4 Å². The van der Waals surface area contributed by atoms with E-state index in [1.54, 1.807) is 31.4 Å². The first-order valence-electron chi connectivity index (χ1n) is 10.5. The second-order valence-corrected chi connectivity index (χ2v) is 7.66. The van der Waals surface area contributed by atoms with Gasteiger partial charge in [-0.2, -0.15) is 0 Å². The Morgan fingerprint density at radius 1 is 1.09 bits per heavy atom. The van der Waals surface area contributed by atoms with E-state index >= 15 is 0 Å². The Hall–Kier alpha value is -3.58. The molecule has 0 radical (unpaired) electrons. The highest BCUT2D eigenvalue weighted by Gasteiger charge is 2.46. The second kappa shape index (κ2) is 8.88. The number of ketones is 1. The molecule has 1 N–H and O–H groups in total. The molecule has 1 atom stereocenters. The first-order chi connectivity index (χ1) is 15.5. The summed E-state index contributed by atoms with van der Waals surface area (Å²) in [5, 5.41) is 12.1. The lowest BCUT2D eigenvalue weighted by atomic mass is 9.95. The fourth-order valence-electron chi connectivity index (χ4n) is 4.25. The number of benzene rings is 2. The number of likely N-dealkylation sites (tertiary alicyclic amines) is 1. The number of aliphatic hydroxyl groups is 1. The van der Waals surface area contributed by atoms with Gasteiger partial charge in [0.2, 0.25) is 0 Å². The third kappa shape index (κ3) is 3.65. The summed E-state index contributed by atoms with van der Waals surface area (Å²) in [5.74, 6) is -0.891. The molecule has 3 aromatic rings. The van der Waals surface area contributed by atoms with Crippen LogP contribution in [0.5, 0.6) is 5.75 Å². The Labute approximate surface area is 186 Å². The summed E-state index contributed by atoms with van der Waals surface area (Å²) in [7, 11) is 3.46. The van der Waals surface area contributed by atoms with Crippen LogP contribution in [-0.4, -0.2) is 53.1 Å². The molecule has 32 heavy (non-hydrogen) atoms. The monoisotopic (exact) mass is 434 g/mol. The lowest BCUT2D eigenvalue weighted by molar-refractivity contribution is -0.140. The van der Waals surface area contributed by atoms with E-state index in [0.29, 0.717) is 17.9 Å². The fraction of sp³-hybridized carbons (Fsp3) is 0.280. The van der Waals surface area contributed by atoms with Crippen molar-refractivity contribution in [3.63, 3.8) is 0 Å². The van der Waals surface area contributed by atoms with Crippen LogP contribution in [0.4, 0.5) is 0 Å². The molecule has 1 unspecified atom stereocenters. The molecule has 7 heteroatoms. The van der Waals surface area contributed by atoms with Gasteiger partial charge in [0.15, 0.2) is 0 Å². The highest BCUT2D eigenvalue weighted by Crippen LogP contribution is 2.42. The average molecular weight is 434 g/mol. The van der Waals surface area contributed by atoms with Gasteiger partial charge in [0.05, 0.1) is 24.8 Å². The highest BCUT2D eigenvalue weighted by molar-refractivity contribution is 6.46. The van der Waals surface area contributed by atoms with Crippen LogP contribution in [-0.2, 0) is 21.4 Å². The number of ether oxygens (including phenoxy) is 2. The number of fused-ring (bicyclic) bond motifs is 1. The molecule has 0 saturated carbocycles. The van der Waals surface area contributed by atoms with Crippen molar-refractivity contribution >= 4 is 28.4 Å². The van der Waals surface area contributed by atoms with Crippen LogP contribution in [0.1, 0.15) is 24.1 Å². The summed E-state index contributed by atoms with van der Waals surface area (Å²) in [6.07, 6.45) is 1.91. The number of methoxy groups -OCH3 is 1. The van der Waals surface area contributed by atoms with Crippen LogP contribution in [0.15, 0.2) is 60.3 Å². The molecule has 166 valence electrons. The summed E-state index contributed by atoms with van der Waals surface area (Å²) < 4.78 is 12.6. The molecule has 1 aliphatic heterocycles. The van der Waals surface area contributed by atoms with Crippen LogP contribution in [0.2, 0.25) is 0 Å². The number of hydrogen-bond acceptors (Lipinski definition) is 5. The van der Waals surface area contributed by atoms with Crippen LogP contribution in [0.3, 0.4) is 0 Å². The summed E-state index contributed by atoms with van der Waals surface area (Å²) >= 11 is 0. The quantitative estimate of drug-likeness (QED) is 0.349. The van der Waals surface area contributed by atoms with E-state index in [0.717, 1.165) is 16.5 Å². The number of carbonyl (C=O) groups is 2. The van der Waals surface area contributed by atoms with Gasteiger partial charge < -0.3 is 24.0 Å². The second-order valence-electron chi connectivity index (χ2n) is 7.66. The predicted molar refractivity (Wildman–Crippen MR) is 121 cm³/mol. The van der Waals surface area contributed by atoms with Crippen molar-refractivity contribution in [1.82, 2.24) is 9.47 Å². The van der Waals surface area contributed by atoms with E-state index in [1.165, 1.54) is 4.90 Å². The molecular formula is C25H26N2O5. The van der Waals surface area contributed by atoms with Crippen LogP contribution in [0, 0.1) is 0 Å². The minimum Gasteiger partial charge on any atom is -0.507 e. The third-order valence-electron chi connectivity index (χ3n) is 5.74. The van der Waals surface area contributed by atoms with Crippen molar-refractivity contribution in [3.8, 4) is 5.75 Å². The standard InChI is InChI=1S/C25H26N2O5/c1-4-32-17-11-9-16(10-12-17)23(28)21-22(27(13-14-31-3)25(30)24(21)29)19-15-26(2)20-8-6-5-7-18(19)20/h5-12,15,22,28H,4,13-14H2,1-3H3/b23-21+. The number of aliphatic hydroxyl groups excluding tert-OH is 1. The number of para-hydroxylation sites is 1. The Kier molecular flexibility index (Phi) is 6.01. The maximum absolute atomic E-state index is 13.1. The van der Waals surface area contributed by atoms with Crippen molar-refractivity contribution in [2.45, 2.75) is 13.0 Å². The molecule has 0 aliphatic carbocycles. The number of carbonyl (C=O) groups excluding carboxylic acids is 2. The van der Waals surface area contributed by atoms with E-state index in [4.69, 9.17) is 9.47 Å². The third-order valence-corrected chi connectivity index (χ3v) is 5.74. The van der Waals surface area contributed by atoms with Crippen LogP contribution in [0.25, 0.3) is 16.7 Å². The van der Waals surface area contributed by atoms with Crippen molar-refractivity contribution < 1.29 is 24.2 Å². The number of aryl methyl sites for hydroxylation is 1. The normalized spacial score (nSPS) is 18.0. The maximum Gasteiger partial charge on any atom is 0.295 e. The average Bonchev–Trinajstić information content (AvgIpc) is 3.26. The zero-order chi connectivity index (χ0) is 22.8. The fourth-order valence-corrected chi connectivity index (χ4v) is 4.25. The van der Waals surface area contributed by atoms with Gasteiger partial charge in [-0.3, -0.25) is 9.59 Å². The molecule has 0 bridgehead atoms. The van der Waals surface area contributed by atoms with Gasteiger partial charge in [-0.15, -0.1) is 0 Å². The molecule has 2 heterocycles. The van der Waals surface area contributed by atoms with E-state index in [-0.39, 0.29) is 24.5 Å². The van der Waals surface area contributed by atoms with Crippen molar-refractivity contribution in [2.24, 2.45) is 7.05 Å². The Balaban J connectivity index is 1.89. The van der Waals surface area contributed by atoms with Gasteiger partial charge in [0.1, 0.15) is 11.5 Å². The molecule has 1 aromatic heterocycles. The lowest BCUT2D eigenvalue weighted by Crippen LogP contribution is -2.32. The topological polar surface area (TPSA) is 81.0 Å². The lowest BCUT2D eigenvalue weighted by Gasteiger charge is -2.24. The van der Waals surface area contributed by atoms with Crippen LogP contribution < -0.4 is 4.74 Å². The highest BCUT2D eigenvalue weighted by atomic mass is 16.5. The largest absolute Gasteiger partial charge is 0.507 e. The number of hydrogen-bond donors (Lipinski definition) is 1. The first kappa shape index (κ1) is 21.6. The SMILES string of the molecule is CCOc1ccc(/C(O)=C2\C(=O)C(=O)N(CCOC)C2c2cn(C)c3ccccc23)cc1.